The minimum Gasteiger partial charge on any atom is -0.394 e. The maximum absolute atomic E-state index is 12.3. The second kappa shape index (κ2) is 9.55. The minimum atomic E-state index is -4.09. The second-order valence-corrected chi connectivity index (χ2v) is 9.13. The first-order chi connectivity index (χ1) is 14.3. The van der Waals surface area contributed by atoms with Gasteiger partial charge >= 0.3 is 0 Å². The second-order valence-electron chi connectivity index (χ2n) is 7.39. The van der Waals surface area contributed by atoms with Gasteiger partial charge in [0.1, 0.15) is 6.07 Å². The van der Waals surface area contributed by atoms with Crippen molar-refractivity contribution in [2.45, 2.75) is 6.10 Å². The third-order valence-electron chi connectivity index (χ3n) is 5.13. The van der Waals surface area contributed by atoms with E-state index in [1.165, 1.54) is 6.08 Å². The molecule has 0 bridgehead atoms. The lowest BCUT2D eigenvalue weighted by Gasteiger charge is -2.34. The van der Waals surface area contributed by atoms with Gasteiger partial charge in [0.15, 0.2) is 4.91 Å². The van der Waals surface area contributed by atoms with Gasteiger partial charge in [0.2, 0.25) is 0 Å². The number of aliphatic hydroxyl groups excluding tert-OH is 2. The van der Waals surface area contributed by atoms with Gasteiger partial charge in [-0.05, 0) is 47.7 Å². The van der Waals surface area contributed by atoms with Crippen LogP contribution in [-0.4, -0.2) is 76.0 Å². The number of hydrogen-bond donors (Lipinski definition) is 3. The van der Waals surface area contributed by atoms with E-state index in [-0.39, 0.29) is 6.54 Å². The number of nitriles is 1. The first-order valence-corrected chi connectivity index (χ1v) is 11.2. The molecule has 0 aliphatic carbocycles. The predicted molar refractivity (Wildman–Crippen MR) is 117 cm³/mol. The molecule has 1 saturated heterocycles. The Kier molecular flexibility index (Phi) is 7.07. The molecule has 0 spiro atoms. The van der Waals surface area contributed by atoms with Crippen LogP contribution in [0.2, 0.25) is 0 Å². The molecule has 9 heteroatoms. The van der Waals surface area contributed by atoms with E-state index in [4.69, 9.17) is 5.11 Å². The average Bonchev–Trinajstić information content (AvgIpc) is 2.75. The average molecular weight is 431 g/mol. The van der Waals surface area contributed by atoms with E-state index in [0.717, 1.165) is 42.6 Å². The van der Waals surface area contributed by atoms with Crippen molar-refractivity contribution in [2.24, 2.45) is 0 Å². The van der Waals surface area contributed by atoms with Crippen LogP contribution in [0.5, 0.6) is 0 Å². The lowest BCUT2D eigenvalue weighted by atomic mass is 10.1. The topological polar surface area (TPSA) is 117 Å². The number of nitrogens with one attached hydrogen (secondary N) is 1. The molecule has 2 aromatic rings. The third-order valence-corrected chi connectivity index (χ3v) is 6.47. The van der Waals surface area contributed by atoms with Crippen LogP contribution >= 0.6 is 0 Å². The summed E-state index contributed by atoms with van der Waals surface area (Å²) in [6.45, 7) is 3.06. The Morgan fingerprint density at radius 2 is 1.87 bits per heavy atom. The zero-order valence-corrected chi connectivity index (χ0v) is 17.6. The summed E-state index contributed by atoms with van der Waals surface area (Å²) in [6.07, 6.45) is 0.0662. The number of sulfonamides is 1. The summed E-state index contributed by atoms with van der Waals surface area (Å²) >= 11 is 0. The van der Waals surface area contributed by atoms with Gasteiger partial charge in [-0.2, -0.15) is 5.26 Å². The molecule has 1 atom stereocenters. The van der Waals surface area contributed by atoms with Crippen molar-refractivity contribution in [3.8, 4) is 6.07 Å². The van der Waals surface area contributed by atoms with Crippen LogP contribution in [0.1, 0.15) is 5.56 Å². The van der Waals surface area contributed by atoms with E-state index in [2.05, 4.69) is 33.7 Å². The lowest BCUT2D eigenvalue weighted by Crippen LogP contribution is -2.44. The fraction of sp³-hybridized carbons (Fsp3) is 0.381. The molecule has 160 valence electrons. The molecule has 3 rings (SSSR count). The fourth-order valence-electron chi connectivity index (χ4n) is 3.27. The Morgan fingerprint density at radius 1 is 1.20 bits per heavy atom. The van der Waals surface area contributed by atoms with Crippen LogP contribution in [-0.2, 0) is 10.0 Å². The molecule has 2 aromatic carbocycles. The summed E-state index contributed by atoms with van der Waals surface area (Å²) in [5.41, 5.74) is 1.74. The van der Waals surface area contributed by atoms with Gasteiger partial charge in [-0.15, -0.1) is 0 Å². The summed E-state index contributed by atoms with van der Waals surface area (Å²) < 4.78 is 26.7. The number of hydrogen-bond acceptors (Lipinski definition) is 7. The van der Waals surface area contributed by atoms with Crippen molar-refractivity contribution < 1.29 is 18.6 Å². The molecule has 1 fully saturated rings. The number of anilines is 1. The fourth-order valence-corrected chi connectivity index (χ4v) is 4.25. The predicted octanol–water partition coefficient (Wildman–Crippen LogP) is 0.729. The molecular formula is C21H26N4O4S. The quantitative estimate of drug-likeness (QED) is 0.555. The molecule has 3 N–H and O–H groups in total. The Hall–Kier alpha value is -2.48. The van der Waals surface area contributed by atoms with Crippen molar-refractivity contribution in [1.82, 2.24) is 9.62 Å². The summed E-state index contributed by atoms with van der Waals surface area (Å²) in [7, 11) is -1.97. The van der Waals surface area contributed by atoms with Crippen molar-refractivity contribution in [1.29, 1.82) is 5.26 Å². The van der Waals surface area contributed by atoms with Gasteiger partial charge in [-0.3, -0.25) is 0 Å². The van der Waals surface area contributed by atoms with Crippen molar-refractivity contribution in [2.75, 3.05) is 51.3 Å². The van der Waals surface area contributed by atoms with Gasteiger partial charge < -0.3 is 20.0 Å². The molecular weight excluding hydrogens is 404 g/mol. The molecule has 30 heavy (non-hydrogen) atoms. The number of piperazine rings is 1. The maximum Gasteiger partial charge on any atom is 0.250 e. The molecule has 0 amide bonds. The molecule has 0 radical (unpaired) electrons. The van der Waals surface area contributed by atoms with E-state index in [0.29, 0.717) is 5.56 Å². The number of rotatable bonds is 7. The first kappa shape index (κ1) is 22.2. The van der Waals surface area contributed by atoms with Gasteiger partial charge in [0, 0.05) is 38.4 Å². The highest BCUT2D eigenvalue weighted by atomic mass is 32.2. The van der Waals surface area contributed by atoms with Crippen molar-refractivity contribution >= 4 is 32.6 Å². The SMILES string of the molecule is CN1CCN(c2ccc3cc(C=C(C#N)S(=O)(=O)NCC(O)CO)ccc3c2)CC1. The number of nitrogens with zero attached hydrogens (tertiary/aromatic N) is 3. The molecule has 8 nitrogen and oxygen atoms in total. The molecule has 0 saturated carbocycles. The lowest BCUT2D eigenvalue weighted by molar-refractivity contribution is 0.0989. The first-order valence-electron chi connectivity index (χ1n) is 9.70. The van der Waals surface area contributed by atoms with Crippen LogP contribution in [0.3, 0.4) is 0 Å². The van der Waals surface area contributed by atoms with Crippen LogP contribution in [0.15, 0.2) is 41.3 Å². The highest BCUT2D eigenvalue weighted by Gasteiger charge is 2.19. The van der Waals surface area contributed by atoms with E-state index < -0.39 is 27.6 Å². The summed E-state index contributed by atoms with van der Waals surface area (Å²) in [6, 6.07) is 13.4. The maximum atomic E-state index is 12.3. The van der Waals surface area contributed by atoms with Gasteiger partial charge in [0.05, 0.1) is 12.7 Å². The summed E-state index contributed by atoms with van der Waals surface area (Å²) in [5, 5.41) is 29.4. The molecule has 0 aromatic heterocycles. The number of benzene rings is 2. The number of allylic oxidation sites excluding steroid dienone is 1. The number of likely N-dealkylation sites (N-methyl/N-ethyl adjacent to an activating group) is 1. The normalized spacial score (nSPS) is 17.1. The standard InChI is InChI=1S/C21H26N4O4S/c1-24-6-8-25(9-7-24)19-5-4-17-10-16(2-3-18(17)12-19)11-21(13-22)30(28,29)23-14-20(27)15-26/h2-5,10-12,20,23,26-27H,6-9,14-15H2,1H3. The Morgan fingerprint density at radius 3 is 2.53 bits per heavy atom. The zero-order chi connectivity index (χ0) is 21.7. The van der Waals surface area contributed by atoms with Gasteiger partial charge in [-0.25, -0.2) is 13.1 Å². The minimum absolute atomic E-state index is 0.370. The van der Waals surface area contributed by atoms with E-state index in [9.17, 15) is 18.8 Å². The smallest absolute Gasteiger partial charge is 0.250 e. The molecule has 1 heterocycles. The Bertz CT molecular complexity index is 1070. The van der Waals surface area contributed by atoms with Crippen LogP contribution in [0, 0.1) is 11.3 Å². The van der Waals surface area contributed by atoms with Gasteiger partial charge in [-0.1, -0.05) is 18.2 Å². The highest BCUT2D eigenvalue weighted by Crippen LogP contribution is 2.25. The van der Waals surface area contributed by atoms with Crippen molar-refractivity contribution in [3.63, 3.8) is 0 Å². The molecule has 1 aliphatic heterocycles. The van der Waals surface area contributed by atoms with E-state index in [1.54, 1.807) is 12.1 Å². The molecule has 1 unspecified atom stereocenters. The van der Waals surface area contributed by atoms with Crippen LogP contribution < -0.4 is 9.62 Å². The zero-order valence-electron chi connectivity index (χ0n) is 16.8. The van der Waals surface area contributed by atoms with E-state index >= 15 is 0 Å². The van der Waals surface area contributed by atoms with E-state index in [1.807, 2.05) is 18.2 Å². The monoisotopic (exact) mass is 430 g/mol. The number of aliphatic hydroxyl groups is 2. The molecule has 1 aliphatic rings. The largest absolute Gasteiger partial charge is 0.394 e. The highest BCUT2D eigenvalue weighted by molar-refractivity contribution is 7.93. The third kappa shape index (κ3) is 5.36. The summed E-state index contributed by atoms with van der Waals surface area (Å²) in [5.74, 6) is 0. The van der Waals surface area contributed by atoms with Gasteiger partial charge in [0.25, 0.3) is 10.0 Å². The van der Waals surface area contributed by atoms with Crippen LogP contribution in [0.4, 0.5) is 5.69 Å². The number of fused-ring (bicyclic) bond motifs is 1. The van der Waals surface area contributed by atoms with Crippen molar-refractivity contribution in [3.05, 3.63) is 46.9 Å². The summed E-state index contributed by atoms with van der Waals surface area (Å²) in [4.78, 5) is 4.19. The van der Waals surface area contributed by atoms with Crippen LogP contribution in [0.25, 0.3) is 16.8 Å². The Labute approximate surface area is 176 Å². The Balaban J connectivity index is 1.82.